The SMILES string of the molecule is COc1ccccc1-c1cc(N)ccc1-c1ccc(N)cc1. The van der Waals surface area contributed by atoms with E-state index in [2.05, 4.69) is 0 Å². The molecule has 0 fully saturated rings. The summed E-state index contributed by atoms with van der Waals surface area (Å²) >= 11 is 0. The van der Waals surface area contributed by atoms with E-state index in [1.807, 2.05) is 66.7 Å². The van der Waals surface area contributed by atoms with Gasteiger partial charge in [-0.1, -0.05) is 36.4 Å². The van der Waals surface area contributed by atoms with E-state index in [1.54, 1.807) is 7.11 Å². The number of hydrogen-bond acceptors (Lipinski definition) is 3. The molecule has 0 saturated heterocycles. The van der Waals surface area contributed by atoms with Crippen molar-refractivity contribution >= 4 is 11.4 Å². The van der Waals surface area contributed by atoms with E-state index in [9.17, 15) is 0 Å². The number of anilines is 2. The summed E-state index contributed by atoms with van der Waals surface area (Å²) in [5.41, 5.74) is 17.5. The third kappa shape index (κ3) is 2.61. The molecule has 0 amide bonds. The molecule has 0 heterocycles. The topological polar surface area (TPSA) is 61.3 Å². The summed E-state index contributed by atoms with van der Waals surface area (Å²) < 4.78 is 5.49. The summed E-state index contributed by atoms with van der Waals surface area (Å²) in [6, 6.07) is 21.7. The Morgan fingerprint density at radius 1 is 0.682 bits per heavy atom. The van der Waals surface area contributed by atoms with Crippen LogP contribution in [-0.4, -0.2) is 7.11 Å². The second kappa shape index (κ2) is 5.82. The van der Waals surface area contributed by atoms with Gasteiger partial charge in [-0.3, -0.25) is 0 Å². The van der Waals surface area contributed by atoms with Crippen molar-refractivity contribution in [1.82, 2.24) is 0 Å². The molecular formula is C19H18N2O. The number of benzene rings is 3. The lowest BCUT2D eigenvalue weighted by molar-refractivity contribution is 0.416. The molecule has 0 spiro atoms. The lowest BCUT2D eigenvalue weighted by atomic mass is 9.93. The summed E-state index contributed by atoms with van der Waals surface area (Å²) in [7, 11) is 1.67. The van der Waals surface area contributed by atoms with Crippen molar-refractivity contribution in [2.24, 2.45) is 0 Å². The molecule has 4 N–H and O–H groups in total. The molecule has 0 aliphatic rings. The van der Waals surface area contributed by atoms with E-state index >= 15 is 0 Å². The highest BCUT2D eigenvalue weighted by Gasteiger charge is 2.12. The fourth-order valence-electron chi connectivity index (χ4n) is 2.57. The third-order valence-electron chi connectivity index (χ3n) is 3.66. The molecule has 22 heavy (non-hydrogen) atoms. The second-order valence-electron chi connectivity index (χ2n) is 5.13. The summed E-state index contributed by atoms with van der Waals surface area (Å²) in [4.78, 5) is 0. The smallest absolute Gasteiger partial charge is 0.126 e. The molecule has 0 unspecified atom stereocenters. The fourth-order valence-corrected chi connectivity index (χ4v) is 2.57. The molecule has 110 valence electrons. The van der Waals surface area contributed by atoms with Gasteiger partial charge in [0, 0.05) is 16.9 Å². The van der Waals surface area contributed by atoms with Gasteiger partial charge in [-0.15, -0.1) is 0 Å². The number of rotatable bonds is 3. The predicted molar refractivity (Wildman–Crippen MR) is 92.7 cm³/mol. The second-order valence-corrected chi connectivity index (χ2v) is 5.13. The Bertz CT molecular complexity index is 795. The average Bonchev–Trinajstić information content (AvgIpc) is 2.56. The summed E-state index contributed by atoms with van der Waals surface area (Å²) in [6.45, 7) is 0. The first kappa shape index (κ1) is 14.0. The summed E-state index contributed by atoms with van der Waals surface area (Å²) in [6.07, 6.45) is 0. The van der Waals surface area contributed by atoms with Crippen LogP contribution < -0.4 is 16.2 Å². The van der Waals surface area contributed by atoms with Crippen molar-refractivity contribution in [3.8, 4) is 28.0 Å². The van der Waals surface area contributed by atoms with Crippen LogP contribution in [0.25, 0.3) is 22.3 Å². The Balaban J connectivity index is 2.22. The number of hydrogen-bond donors (Lipinski definition) is 2. The van der Waals surface area contributed by atoms with Crippen LogP contribution in [0.2, 0.25) is 0 Å². The van der Waals surface area contributed by atoms with Gasteiger partial charge in [0.1, 0.15) is 5.75 Å². The van der Waals surface area contributed by atoms with Gasteiger partial charge in [-0.2, -0.15) is 0 Å². The maximum Gasteiger partial charge on any atom is 0.126 e. The Morgan fingerprint density at radius 2 is 1.36 bits per heavy atom. The van der Waals surface area contributed by atoms with Crippen LogP contribution in [0, 0.1) is 0 Å². The minimum absolute atomic E-state index is 0.722. The Labute approximate surface area is 130 Å². The molecule has 3 nitrogen and oxygen atoms in total. The van der Waals surface area contributed by atoms with Crippen LogP contribution in [0.1, 0.15) is 0 Å². The zero-order chi connectivity index (χ0) is 15.5. The van der Waals surface area contributed by atoms with Crippen molar-refractivity contribution in [3.63, 3.8) is 0 Å². The highest BCUT2D eigenvalue weighted by Crippen LogP contribution is 2.38. The van der Waals surface area contributed by atoms with E-state index in [1.165, 1.54) is 0 Å². The van der Waals surface area contributed by atoms with Crippen molar-refractivity contribution in [2.75, 3.05) is 18.6 Å². The summed E-state index contributed by atoms with van der Waals surface area (Å²) in [5, 5.41) is 0. The number of ether oxygens (including phenoxy) is 1. The Morgan fingerprint density at radius 3 is 2.09 bits per heavy atom. The van der Waals surface area contributed by atoms with Gasteiger partial charge in [0.25, 0.3) is 0 Å². The summed E-state index contributed by atoms with van der Waals surface area (Å²) in [5.74, 6) is 0.824. The molecule has 3 heteroatoms. The average molecular weight is 290 g/mol. The Kier molecular flexibility index (Phi) is 3.71. The van der Waals surface area contributed by atoms with Crippen LogP contribution in [-0.2, 0) is 0 Å². The van der Waals surface area contributed by atoms with E-state index in [-0.39, 0.29) is 0 Å². The molecule has 0 radical (unpaired) electrons. The highest BCUT2D eigenvalue weighted by molar-refractivity contribution is 5.88. The van der Waals surface area contributed by atoms with E-state index in [4.69, 9.17) is 16.2 Å². The van der Waals surface area contributed by atoms with Crippen molar-refractivity contribution in [1.29, 1.82) is 0 Å². The number of nitrogen functional groups attached to an aromatic ring is 2. The number of para-hydroxylation sites is 1. The number of nitrogens with two attached hydrogens (primary N) is 2. The molecule has 0 atom stereocenters. The quantitative estimate of drug-likeness (QED) is 0.711. The molecule has 3 aromatic carbocycles. The zero-order valence-corrected chi connectivity index (χ0v) is 12.4. The van der Waals surface area contributed by atoms with Crippen molar-refractivity contribution in [2.45, 2.75) is 0 Å². The first-order valence-corrected chi connectivity index (χ1v) is 7.08. The molecule has 0 saturated carbocycles. The van der Waals surface area contributed by atoms with Gasteiger partial charge >= 0.3 is 0 Å². The predicted octanol–water partition coefficient (Wildman–Crippen LogP) is 4.19. The van der Waals surface area contributed by atoms with Gasteiger partial charge in [-0.05, 0) is 47.0 Å². The molecule has 0 aliphatic heterocycles. The molecule has 3 rings (SSSR count). The van der Waals surface area contributed by atoms with E-state index < -0.39 is 0 Å². The fraction of sp³-hybridized carbons (Fsp3) is 0.0526. The third-order valence-corrected chi connectivity index (χ3v) is 3.66. The standard InChI is InChI=1S/C19H18N2O/c1-22-19-5-3-2-4-17(19)18-12-15(21)10-11-16(18)13-6-8-14(20)9-7-13/h2-12H,20-21H2,1H3. The maximum absolute atomic E-state index is 6.00. The molecule has 0 aliphatic carbocycles. The van der Waals surface area contributed by atoms with E-state index in [0.29, 0.717) is 0 Å². The van der Waals surface area contributed by atoms with Gasteiger partial charge in [0.15, 0.2) is 0 Å². The first-order valence-electron chi connectivity index (χ1n) is 7.08. The minimum Gasteiger partial charge on any atom is -0.496 e. The minimum atomic E-state index is 0.722. The lowest BCUT2D eigenvalue weighted by Gasteiger charge is -2.14. The lowest BCUT2D eigenvalue weighted by Crippen LogP contribution is -1.93. The molecule has 3 aromatic rings. The zero-order valence-electron chi connectivity index (χ0n) is 12.4. The van der Waals surface area contributed by atoms with Crippen molar-refractivity contribution in [3.05, 3.63) is 66.7 Å². The molecular weight excluding hydrogens is 272 g/mol. The van der Waals surface area contributed by atoms with Gasteiger partial charge in [0.2, 0.25) is 0 Å². The van der Waals surface area contributed by atoms with Gasteiger partial charge in [-0.25, -0.2) is 0 Å². The highest BCUT2D eigenvalue weighted by atomic mass is 16.5. The largest absolute Gasteiger partial charge is 0.496 e. The van der Waals surface area contributed by atoms with Crippen LogP contribution in [0.4, 0.5) is 11.4 Å². The maximum atomic E-state index is 6.00. The first-order chi connectivity index (χ1) is 10.7. The van der Waals surface area contributed by atoms with Gasteiger partial charge in [0.05, 0.1) is 7.11 Å². The van der Waals surface area contributed by atoms with Crippen LogP contribution in [0.15, 0.2) is 66.7 Å². The molecule has 0 aromatic heterocycles. The van der Waals surface area contributed by atoms with Crippen molar-refractivity contribution < 1.29 is 4.74 Å². The number of methoxy groups -OCH3 is 1. The van der Waals surface area contributed by atoms with Crippen LogP contribution in [0.5, 0.6) is 5.75 Å². The van der Waals surface area contributed by atoms with Crippen LogP contribution >= 0.6 is 0 Å². The van der Waals surface area contributed by atoms with Gasteiger partial charge < -0.3 is 16.2 Å². The molecule has 0 bridgehead atoms. The monoisotopic (exact) mass is 290 g/mol. The van der Waals surface area contributed by atoms with Crippen LogP contribution in [0.3, 0.4) is 0 Å². The normalized spacial score (nSPS) is 10.4. The Hall–Kier alpha value is -2.94. The van der Waals surface area contributed by atoms with E-state index in [0.717, 1.165) is 39.4 Å².